The molecular weight excluding hydrogens is 442 g/mol. The second kappa shape index (κ2) is 8.91. The van der Waals surface area contributed by atoms with Crippen LogP contribution in [0.25, 0.3) is 11.3 Å². The summed E-state index contributed by atoms with van der Waals surface area (Å²) in [5.41, 5.74) is 2.41. The Morgan fingerprint density at radius 1 is 1.29 bits per heavy atom. The van der Waals surface area contributed by atoms with Crippen LogP contribution in [0.2, 0.25) is 5.02 Å². The molecule has 1 saturated heterocycles. The third-order valence-electron chi connectivity index (χ3n) is 4.94. The SMILES string of the molecule is Cc1onc(-c2cccc(Cl)c2)c1COc1ccc(C(=O)N2CC[SH4]C(=O)C2=O)cn1. The smallest absolute Gasteiger partial charge is 0.304 e. The van der Waals surface area contributed by atoms with Gasteiger partial charge in [-0.2, -0.15) is 0 Å². The molecule has 0 unspecified atom stereocenters. The zero-order valence-electron chi connectivity index (χ0n) is 16.6. The van der Waals surface area contributed by atoms with Gasteiger partial charge in [-0.15, -0.1) is 0 Å². The molecule has 0 spiro atoms. The van der Waals surface area contributed by atoms with Gasteiger partial charge in [-0.1, -0.05) is 28.9 Å². The second-order valence-electron chi connectivity index (χ2n) is 7.04. The molecule has 162 valence electrons. The number of hydrogen-bond acceptors (Lipinski definition) is 7. The molecule has 8 nitrogen and oxygen atoms in total. The fourth-order valence-electron chi connectivity index (χ4n) is 3.27. The molecule has 3 heterocycles. The average molecular weight is 462 g/mol. The van der Waals surface area contributed by atoms with Gasteiger partial charge in [-0.25, -0.2) is 16.7 Å². The normalized spacial score (nSPS) is 14.3. The maximum atomic E-state index is 12.5. The molecule has 3 aromatic rings. The first kappa shape index (κ1) is 21.1. The number of carbonyl (C=O) groups is 3. The Balaban J connectivity index is 1.46. The molecule has 1 aliphatic rings. The van der Waals surface area contributed by atoms with Crippen LogP contribution in [0.15, 0.2) is 47.1 Å². The van der Waals surface area contributed by atoms with Gasteiger partial charge >= 0.3 is 5.91 Å². The molecule has 0 saturated carbocycles. The first-order valence-corrected chi connectivity index (χ1v) is 11.7. The standard InChI is InChI=1S/C21H20ClN3O5S/c1-12-16(18(24-30-12)13-3-2-4-15(22)9-13)11-29-17-6-5-14(10-23-17)19(26)25-7-8-31-21(28)20(25)27/h2-6,9-10H,7-8,11H2,1H3,31H4. The number of ether oxygens (including phenoxy) is 1. The maximum absolute atomic E-state index is 12.5. The van der Waals surface area contributed by atoms with Gasteiger partial charge in [0.1, 0.15) is 18.1 Å². The summed E-state index contributed by atoms with van der Waals surface area (Å²) >= 11 is 5.01. The molecular formula is C21H20ClN3O5S. The predicted molar refractivity (Wildman–Crippen MR) is 119 cm³/mol. The number of hydrogen-bond donors (Lipinski definition) is 0. The minimum Gasteiger partial charge on any atom is -0.473 e. The lowest BCUT2D eigenvalue weighted by Crippen LogP contribution is -2.45. The number of imide groups is 1. The summed E-state index contributed by atoms with van der Waals surface area (Å²) in [7, 11) is 0. The molecule has 0 aliphatic carbocycles. The Hall–Kier alpha value is -3.17. The van der Waals surface area contributed by atoms with Crippen LogP contribution in [-0.2, 0) is 16.2 Å². The number of rotatable bonds is 5. The number of aromatic nitrogens is 2. The molecule has 0 atom stereocenters. The molecule has 0 N–H and O–H groups in total. The highest BCUT2D eigenvalue weighted by atomic mass is 35.5. The monoisotopic (exact) mass is 461 g/mol. The highest BCUT2D eigenvalue weighted by molar-refractivity contribution is 8.15. The van der Waals surface area contributed by atoms with Crippen LogP contribution in [0.5, 0.6) is 5.88 Å². The van der Waals surface area contributed by atoms with Crippen LogP contribution < -0.4 is 4.74 Å². The van der Waals surface area contributed by atoms with Crippen LogP contribution in [0.3, 0.4) is 0 Å². The quantitative estimate of drug-likeness (QED) is 0.424. The third kappa shape index (κ3) is 4.47. The van der Waals surface area contributed by atoms with Gasteiger partial charge in [0.2, 0.25) is 11.0 Å². The summed E-state index contributed by atoms with van der Waals surface area (Å²) in [5, 5.41) is 4.28. The summed E-state index contributed by atoms with van der Waals surface area (Å²) in [5.74, 6) is 0.281. The highest BCUT2D eigenvalue weighted by Gasteiger charge is 2.30. The van der Waals surface area contributed by atoms with Gasteiger partial charge in [0.05, 0.1) is 11.1 Å². The van der Waals surface area contributed by atoms with Gasteiger partial charge in [0, 0.05) is 29.4 Å². The fraction of sp³-hybridized carbons (Fsp3) is 0.190. The average Bonchev–Trinajstić information content (AvgIpc) is 3.14. The van der Waals surface area contributed by atoms with Gasteiger partial charge in [-0.3, -0.25) is 19.3 Å². The number of nitrogens with zero attached hydrogens (tertiary/aromatic N) is 3. The van der Waals surface area contributed by atoms with Crippen LogP contribution in [0.1, 0.15) is 21.7 Å². The molecule has 31 heavy (non-hydrogen) atoms. The van der Waals surface area contributed by atoms with E-state index in [4.69, 9.17) is 20.9 Å². The van der Waals surface area contributed by atoms with Crippen LogP contribution in [-0.4, -0.2) is 44.3 Å². The van der Waals surface area contributed by atoms with Crippen molar-refractivity contribution in [3.8, 4) is 17.1 Å². The summed E-state index contributed by atoms with van der Waals surface area (Å²) in [6.07, 6.45) is 1.33. The van der Waals surface area contributed by atoms with Crippen LogP contribution >= 0.6 is 23.4 Å². The van der Waals surface area contributed by atoms with Crippen molar-refractivity contribution >= 4 is 40.3 Å². The summed E-state index contributed by atoms with van der Waals surface area (Å²) < 4.78 is 11.1. The third-order valence-corrected chi connectivity index (χ3v) is 6.61. The van der Waals surface area contributed by atoms with E-state index >= 15 is 0 Å². The largest absolute Gasteiger partial charge is 0.473 e. The van der Waals surface area contributed by atoms with Crippen molar-refractivity contribution in [2.75, 3.05) is 12.3 Å². The van der Waals surface area contributed by atoms with E-state index in [0.29, 0.717) is 28.1 Å². The number of pyridine rings is 1. The Kier molecular flexibility index (Phi) is 6.06. The van der Waals surface area contributed by atoms with E-state index < -0.39 is 28.7 Å². The molecule has 1 aromatic carbocycles. The molecule has 2 amide bonds. The van der Waals surface area contributed by atoms with Crippen molar-refractivity contribution in [2.45, 2.75) is 13.5 Å². The summed E-state index contributed by atoms with van der Waals surface area (Å²) in [6.45, 7) is 2.23. The predicted octanol–water partition coefficient (Wildman–Crippen LogP) is 2.45. The molecule has 2 aromatic heterocycles. The zero-order chi connectivity index (χ0) is 22.0. The van der Waals surface area contributed by atoms with Crippen molar-refractivity contribution in [1.29, 1.82) is 0 Å². The van der Waals surface area contributed by atoms with Gasteiger partial charge in [-0.05, 0) is 30.9 Å². The van der Waals surface area contributed by atoms with E-state index in [9.17, 15) is 14.4 Å². The molecule has 0 radical (unpaired) electrons. The van der Waals surface area contributed by atoms with E-state index in [1.54, 1.807) is 25.1 Å². The number of carbonyl (C=O) groups excluding carboxylic acids is 3. The second-order valence-corrected chi connectivity index (χ2v) is 9.32. The number of aryl methyl sites for hydroxylation is 1. The van der Waals surface area contributed by atoms with Crippen molar-refractivity contribution in [1.82, 2.24) is 15.0 Å². The van der Waals surface area contributed by atoms with Gasteiger partial charge in [0.15, 0.2) is 0 Å². The fourth-order valence-corrected chi connectivity index (χ4v) is 4.66. The van der Waals surface area contributed by atoms with E-state index in [1.165, 1.54) is 12.3 Å². The van der Waals surface area contributed by atoms with Crippen molar-refractivity contribution in [3.05, 3.63) is 64.5 Å². The Bertz CT molecular complexity index is 1160. The number of benzene rings is 1. The minimum absolute atomic E-state index is 0.154. The maximum Gasteiger partial charge on any atom is 0.304 e. The lowest BCUT2D eigenvalue weighted by atomic mass is 10.1. The number of halogens is 1. The van der Waals surface area contributed by atoms with E-state index in [0.717, 1.165) is 16.0 Å². The van der Waals surface area contributed by atoms with Crippen LogP contribution in [0, 0.1) is 6.92 Å². The lowest BCUT2D eigenvalue weighted by molar-refractivity contribution is -0.138. The van der Waals surface area contributed by atoms with Crippen molar-refractivity contribution < 1.29 is 23.6 Å². The van der Waals surface area contributed by atoms with Crippen LogP contribution in [0.4, 0.5) is 0 Å². The van der Waals surface area contributed by atoms with Gasteiger partial charge in [0.25, 0.3) is 5.91 Å². The highest BCUT2D eigenvalue weighted by Crippen LogP contribution is 2.28. The molecule has 4 rings (SSSR count). The molecule has 10 heteroatoms. The van der Waals surface area contributed by atoms with E-state index in [2.05, 4.69) is 10.1 Å². The number of amides is 2. The Labute approximate surface area is 186 Å². The summed E-state index contributed by atoms with van der Waals surface area (Å²) in [6, 6.07) is 10.3. The molecule has 1 fully saturated rings. The van der Waals surface area contributed by atoms with Crippen molar-refractivity contribution in [3.63, 3.8) is 0 Å². The Morgan fingerprint density at radius 3 is 2.87 bits per heavy atom. The first-order valence-electron chi connectivity index (χ1n) is 9.63. The Morgan fingerprint density at radius 2 is 2.13 bits per heavy atom. The first-order chi connectivity index (χ1) is 14.9. The lowest BCUT2D eigenvalue weighted by Gasteiger charge is -2.25. The summed E-state index contributed by atoms with van der Waals surface area (Å²) in [4.78, 5) is 41.3. The topological polar surface area (TPSA) is 103 Å². The zero-order valence-corrected chi connectivity index (χ0v) is 18.8. The van der Waals surface area contributed by atoms with E-state index in [-0.39, 0.29) is 18.7 Å². The molecule has 0 bridgehead atoms. The van der Waals surface area contributed by atoms with E-state index in [1.807, 2.05) is 12.1 Å². The van der Waals surface area contributed by atoms with Gasteiger partial charge < -0.3 is 9.26 Å². The van der Waals surface area contributed by atoms with Crippen molar-refractivity contribution in [2.24, 2.45) is 0 Å². The molecule has 1 aliphatic heterocycles. The minimum atomic E-state index is -1.06.